The minimum Gasteiger partial charge on any atom is -0.349 e. The number of nitrogens with one attached hydrogen (secondary N) is 3. The predicted molar refractivity (Wildman–Crippen MR) is 53.8 cm³/mol. The topological polar surface area (TPSA) is 82.7 Å². The fourth-order valence-electron chi connectivity index (χ4n) is 1.78. The second-order valence-corrected chi connectivity index (χ2v) is 3.89. The third-order valence-corrected chi connectivity index (χ3v) is 2.75. The van der Waals surface area contributed by atoms with Crippen LogP contribution in [-0.4, -0.2) is 34.2 Å². The van der Waals surface area contributed by atoms with Gasteiger partial charge >= 0.3 is 0 Å². The van der Waals surface area contributed by atoms with Crippen molar-refractivity contribution < 1.29 is 4.79 Å². The van der Waals surface area contributed by atoms with E-state index in [9.17, 15) is 4.79 Å². The lowest BCUT2D eigenvalue weighted by atomic mass is 9.97. The number of carbonyl (C=O) groups excluding carboxylic acids is 1. The maximum atomic E-state index is 11.7. The van der Waals surface area contributed by atoms with Gasteiger partial charge in [0.15, 0.2) is 0 Å². The first kappa shape index (κ1) is 10.1. The van der Waals surface area contributed by atoms with Crippen LogP contribution < -0.4 is 10.6 Å². The van der Waals surface area contributed by atoms with Gasteiger partial charge in [0.25, 0.3) is 0 Å². The summed E-state index contributed by atoms with van der Waals surface area (Å²) in [6.45, 7) is 4.19. The molecule has 1 aliphatic rings. The highest BCUT2D eigenvalue weighted by atomic mass is 16.1. The maximum absolute atomic E-state index is 11.7. The zero-order valence-electron chi connectivity index (χ0n) is 8.66. The van der Waals surface area contributed by atoms with Gasteiger partial charge in [0, 0.05) is 6.54 Å². The van der Waals surface area contributed by atoms with Crippen molar-refractivity contribution in [2.24, 2.45) is 11.8 Å². The standard InChI is InChI=1S/C9H15N5O/c1-6-2-10-3-7(6)9(15)11-4-8-12-5-13-14-8/h5-7,10H,2-4H2,1H3,(H,11,15)(H,12,13,14). The molecule has 1 saturated heterocycles. The largest absolute Gasteiger partial charge is 0.349 e. The summed E-state index contributed by atoms with van der Waals surface area (Å²) in [7, 11) is 0. The highest BCUT2D eigenvalue weighted by molar-refractivity contribution is 5.79. The molecule has 6 heteroatoms. The molecule has 2 rings (SSSR count). The molecule has 0 saturated carbocycles. The quantitative estimate of drug-likeness (QED) is 0.613. The Morgan fingerprint density at radius 1 is 1.67 bits per heavy atom. The van der Waals surface area contributed by atoms with E-state index in [0.29, 0.717) is 18.3 Å². The monoisotopic (exact) mass is 209 g/mol. The molecule has 1 fully saturated rings. The molecule has 0 bridgehead atoms. The van der Waals surface area contributed by atoms with Crippen LogP contribution in [0.25, 0.3) is 0 Å². The van der Waals surface area contributed by atoms with E-state index in [0.717, 1.165) is 13.1 Å². The van der Waals surface area contributed by atoms with Gasteiger partial charge in [-0.15, -0.1) is 0 Å². The Kier molecular flexibility index (Phi) is 2.96. The van der Waals surface area contributed by atoms with Gasteiger partial charge in [-0.05, 0) is 12.5 Å². The molecule has 0 aromatic carbocycles. The molecule has 0 radical (unpaired) electrons. The summed E-state index contributed by atoms with van der Waals surface area (Å²) < 4.78 is 0. The Hall–Kier alpha value is -1.43. The molecule has 1 aromatic heterocycles. The summed E-state index contributed by atoms with van der Waals surface area (Å²) in [4.78, 5) is 15.7. The lowest BCUT2D eigenvalue weighted by Crippen LogP contribution is -2.34. The first-order valence-corrected chi connectivity index (χ1v) is 5.10. The molecule has 3 N–H and O–H groups in total. The number of aromatic amines is 1. The van der Waals surface area contributed by atoms with Crippen LogP contribution in [0.1, 0.15) is 12.7 Å². The molecular weight excluding hydrogens is 194 g/mol. The summed E-state index contributed by atoms with van der Waals surface area (Å²) >= 11 is 0. The van der Waals surface area contributed by atoms with Gasteiger partial charge < -0.3 is 10.6 Å². The normalized spacial score (nSPS) is 25.4. The minimum absolute atomic E-state index is 0.0768. The van der Waals surface area contributed by atoms with Crippen molar-refractivity contribution in [3.63, 3.8) is 0 Å². The van der Waals surface area contributed by atoms with E-state index in [1.165, 1.54) is 6.33 Å². The lowest BCUT2D eigenvalue weighted by Gasteiger charge is -2.13. The molecule has 0 aliphatic carbocycles. The van der Waals surface area contributed by atoms with E-state index in [2.05, 4.69) is 32.7 Å². The second-order valence-electron chi connectivity index (χ2n) is 3.89. The minimum atomic E-state index is 0.0768. The first-order chi connectivity index (χ1) is 7.27. The molecule has 82 valence electrons. The van der Waals surface area contributed by atoms with Crippen LogP contribution in [0, 0.1) is 11.8 Å². The van der Waals surface area contributed by atoms with Gasteiger partial charge in [-0.2, -0.15) is 5.10 Å². The second kappa shape index (κ2) is 4.39. The maximum Gasteiger partial charge on any atom is 0.225 e. The number of rotatable bonds is 3. The highest BCUT2D eigenvalue weighted by Crippen LogP contribution is 2.15. The smallest absolute Gasteiger partial charge is 0.225 e. The van der Waals surface area contributed by atoms with Crippen LogP contribution in [0.4, 0.5) is 0 Å². The van der Waals surface area contributed by atoms with Gasteiger partial charge in [0.05, 0.1) is 12.5 Å². The summed E-state index contributed by atoms with van der Waals surface area (Å²) in [6, 6.07) is 0. The first-order valence-electron chi connectivity index (χ1n) is 5.10. The molecule has 1 amide bonds. The molecule has 6 nitrogen and oxygen atoms in total. The zero-order chi connectivity index (χ0) is 10.7. The van der Waals surface area contributed by atoms with E-state index in [1.54, 1.807) is 0 Å². The number of amides is 1. The van der Waals surface area contributed by atoms with Crippen LogP contribution in [0.15, 0.2) is 6.33 Å². The lowest BCUT2D eigenvalue weighted by molar-refractivity contribution is -0.125. The molecule has 2 atom stereocenters. The van der Waals surface area contributed by atoms with Crippen molar-refractivity contribution in [3.8, 4) is 0 Å². The average Bonchev–Trinajstić information content (AvgIpc) is 2.84. The molecule has 2 heterocycles. The molecule has 1 aromatic rings. The van der Waals surface area contributed by atoms with Crippen molar-refractivity contribution >= 4 is 5.91 Å². The number of nitrogens with zero attached hydrogens (tertiary/aromatic N) is 2. The van der Waals surface area contributed by atoms with Gasteiger partial charge in [0.1, 0.15) is 12.2 Å². The number of hydrogen-bond acceptors (Lipinski definition) is 4. The van der Waals surface area contributed by atoms with E-state index >= 15 is 0 Å². The van der Waals surface area contributed by atoms with Crippen molar-refractivity contribution in [2.45, 2.75) is 13.5 Å². The van der Waals surface area contributed by atoms with Crippen LogP contribution in [0.5, 0.6) is 0 Å². The Bertz CT molecular complexity index is 323. The number of hydrogen-bond donors (Lipinski definition) is 3. The molecule has 0 spiro atoms. The Balaban J connectivity index is 1.82. The van der Waals surface area contributed by atoms with Crippen molar-refractivity contribution in [1.82, 2.24) is 25.8 Å². The van der Waals surface area contributed by atoms with E-state index in [4.69, 9.17) is 0 Å². The molecule has 2 unspecified atom stereocenters. The van der Waals surface area contributed by atoms with Gasteiger partial charge in [0.2, 0.25) is 5.91 Å². The van der Waals surface area contributed by atoms with Crippen LogP contribution in [0.3, 0.4) is 0 Å². The van der Waals surface area contributed by atoms with Crippen molar-refractivity contribution in [2.75, 3.05) is 13.1 Å². The fourth-order valence-corrected chi connectivity index (χ4v) is 1.78. The fraction of sp³-hybridized carbons (Fsp3) is 0.667. The summed E-state index contributed by atoms with van der Waals surface area (Å²) in [5, 5.41) is 12.5. The molecule has 15 heavy (non-hydrogen) atoms. The number of aromatic nitrogens is 3. The van der Waals surface area contributed by atoms with E-state index in [1.807, 2.05) is 0 Å². The van der Waals surface area contributed by atoms with Gasteiger partial charge in [-0.1, -0.05) is 6.92 Å². The Morgan fingerprint density at radius 3 is 3.13 bits per heavy atom. The van der Waals surface area contributed by atoms with Gasteiger partial charge in [-0.25, -0.2) is 4.98 Å². The van der Waals surface area contributed by atoms with Crippen molar-refractivity contribution in [3.05, 3.63) is 12.2 Å². The zero-order valence-corrected chi connectivity index (χ0v) is 8.66. The predicted octanol–water partition coefficient (Wildman–Crippen LogP) is -0.724. The molecular formula is C9H15N5O. The highest BCUT2D eigenvalue weighted by Gasteiger charge is 2.29. The SMILES string of the molecule is CC1CNCC1C(=O)NCc1ncn[nH]1. The van der Waals surface area contributed by atoms with Crippen LogP contribution >= 0.6 is 0 Å². The van der Waals surface area contributed by atoms with Crippen LogP contribution in [0.2, 0.25) is 0 Å². The summed E-state index contributed by atoms with van der Waals surface area (Å²) in [5.74, 6) is 1.25. The van der Waals surface area contributed by atoms with Crippen molar-refractivity contribution in [1.29, 1.82) is 0 Å². The third kappa shape index (κ3) is 2.33. The number of carbonyl (C=O) groups is 1. The van der Waals surface area contributed by atoms with Crippen LogP contribution in [-0.2, 0) is 11.3 Å². The van der Waals surface area contributed by atoms with Gasteiger partial charge in [-0.3, -0.25) is 9.89 Å². The Morgan fingerprint density at radius 2 is 2.53 bits per heavy atom. The molecule has 1 aliphatic heterocycles. The van der Waals surface area contributed by atoms with E-state index in [-0.39, 0.29) is 11.8 Å². The summed E-state index contributed by atoms with van der Waals surface area (Å²) in [6.07, 6.45) is 1.43. The third-order valence-electron chi connectivity index (χ3n) is 2.75. The number of H-pyrrole nitrogens is 1. The Labute approximate surface area is 87.9 Å². The van der Waals surface area contributed by atoms with E-state index < -0.39 is 0 Å². The summed E-state index contributed by atoms with van der Waals surface area (Å²) in [5.41, 5.74) is 0. The average molecular weight is 209 g/mol.